The number of carbonyl (C=O) groups excluding carboxylic acids is 1. The van der Waals surface area contributed by atoms with Crippen LogP contribution in [0.5, 0.6) is 0 Å². The molecule has 150 valence electrons. The predicted octanol–water partition coefficient (Wildman–Crippen LogP) is 6.23. The van der Waals surface area contributed by atoms with Crippen molar-refractivity contribution in [2.45, 2.75) is 89.7 Å². The van der Waals surface area contributed by atoms with Crippen molar-refractivity contribution in [3.8, 4) is 0 Å². The maximum Gasteiger partial charge on any atom is 0.453 e. The van der Waals surface area contributed by atoms with Gasteiger partial charge in [-0.25, -0.2) is 0 Å². The minimum Gasteiger partial charge on any atom is -0.459 e. The summed E-state index contributed by atoms with van der Waals surface area (Å²) >= 11 is 1.38. The SMILES string of the molecule is CC(C)CC(SCCCCCC(F)(F)C(F)(F)F)C(=O)OC(C)(C)C. The smallest absolute Gasteiger partial charge is 0.453 e. The van der Waals surface area contributed by atoms with Gasteiger partial charge in [-0.05, 0) is 51.7 Å². The van der Waals surface area contributed by atoms with E-state index in [1.165, 1.54) is 11.8 Å². The summed E-state index contributed by atoms with van der Waals surface area (Å²) in [5.41, 5.74) is -0.587. The zero-order valence-corrected chi connectivity index (χ0v) is 16.3. The number of carbonyl (C=O) groups is 1. The zero-order chi connectivity index (χ0) is 19.9. The van der Waals surface area contributed by atoms with Crippen molar-refractivity contribution in [2.24, 2.45) is 5.92 Å². The highest BCUT2D eigenvalue weighted by Crippen LogP contribution is 2.39. The van der Waals surface area contributed by atoms with Gasteiger partial charge in [0.2, 0.25) is 0 Å². The number of hydrogen-bond acceptors (Lipinski definition) is 3. The van der Waals surface area contributed by atoms with Crippen LogP contribution in [0.3, 0.4) is 0 Å². The Morgan fingerprint density at radius 2 is 1.56 bits per heavy atom. The fourth-order valence-corrected chi connectivity index (χ4v) is 3.38. The first-order valence-electron chi connectivity index (χ1n) is 8.45. The summed E-state index contributed by atoms with van der Waals surface area (Å²) in [7, 11) is 0. The monoisotopic (exact) mass is 392 g/mol. The summed E-state index contributed by atoms with van der Waals surface area (Å²) in [6.07, 6.45) is -5.50. The minimum atomic E-state index is -5.49. The largest absolute Gasteiger partial charge is 0.459 e. The molecule has 25 heavy (non-hydrogen) atoms. The Balaban J connectivity index is 4.25. The molecule has 0 bridgehead atoms. The molecule has 0 aromatic heterocycles. The molecule has 0 fully saturated rings. The van der Waals surface area contributed by atoms with Crippen LogP contribution in [0.15, 0.2) is 0 Å². The van der Waals surface area contributed by atoms with Gasteiger partial charge >= 0.3 is 18.1 Å². The van der Waals surface area contributed by atoms with Crippen LogP contribution in [-0.2, 0) is 9.53 Å². The average molecular weight is 392 g/mol. The van der Waals surface area contributed by atoms with E-state index < -0.39 is 24.1 Å². The third kappa shape index (κ3) is 10.9. The van der Waals surface area contributed by atoms with Crippen molar-refractivity contribution in [1.82, 2.24) is 0 Å². The van der Waals surface area contributed by atoms with E-state index in [1.54, 1.807) is 20.8 Å². The van der Waals surface area contributed by atoms with Gasteiger partial charge in [0.25, 0.3) is 0 Å². The first kappa shape index (κ1) is 24.5. The lowest BCUT2D eigenvalue weighted by atomic mass is 10.1. The number of ether oxygens (including phenoxy) is 1. The summed E-state index contributed by atoms with van der Waals surface area (Å²) in [6, 6.07) is 0. The molecule has 0 aliphatic heterocycles. The highest BCUT2D eigenvalue weighted by atomic mass is 32.2. The summed E-state index contributed by atoms with van der Waals surface area (Å²) in [4.78, 5) is 12.2. The molecule has 2 nitrogen and oxygen atoms in total. The lowest BCUT2D eigenvalue weighted by Crippen LogP contribution is -2.36. The van der Waals surface area contributed by atoms with Crippen LogP contribution in [0, 0.1) is 5.92 Å². The number of hydrogen-bond donors (Lipinski definition) is 0. The molecule has 1 atom stereocenters. The first-order chi connectivity index (χ1) is 11.2. The van der Waals surface area contributed by atoms with Gasteiger partial charge in [-0.1, -0.05) is 20.3 Å². The number of esters is 1. The molecule has 0 saturated heterocycles. The van der Waals surface area contributed by atoms with Gasteiger partial charge in [-0.15, -0.1) is 11.8 Å². The van der Waals surface area contributed by atoms with Crippen molar-refractivity contribution in [2.75, 3.05) is 5.75 Å². The van der Waals surface area contributed by atoms with E-state index in [0.717, 1.165) is 0 Å². The van der Waals surface area contributed by atoms with Crippen molar-refractivity contribution in [3.63, 3.8) is 0 Å². The average Bonchev–Trinajstić information content (AvgIpc) is 2.37. The second-order valence-corrected chi connectivity index (χ2v) is 8.85. The normalized spacial score (nSPS) is 14.7. The Labute approximate surface area is 151 Å². The van der Waals surface area contributed by atoms with E-state index in [1.807, 2.05) is 13.8 Å². The van der Waals surface area contributed by atoms with Gasteiger partial charge in [-0.2, -0.15) is 22.0 Å². The third-order valence-electron chi connectivity index (χ3n) is 3.22. The summed E-state index contributed by atoms with van der Waals surface area (Å²) < 4.78 is 67.1. The van der Waals surface area contributed by atoms with E-state index in [2.05, 4.69) is 0 Å². The maximum atomic E-state index is 12.8. The molecule has 0 saturated carbocycles. The lowest BCUT2D eigenvalue weighted by Gasteiger charge is -2.24. The number of thioether (sulfide) groups is 1. The highest BCUT2D eigenvalue weighted by Gasteiger charge is 2.56. The quantitative estimate of drug-likeness (QED) is 0.250. The second kappa shape index (κ2) is 9.97. The molecule has 0 aromatic carbocycles. The van der Waals surface area contributed by atoms with Gasteiger partial charge in [-0.3, -0.25) is 4.79 Å². The summed E-state index contributed by atoms with van der Waals surface area (Å²) in [5.74, 6) is -4.13. The number of rotatable bonds is 10. The predicted molar refractivity (Wildman–Crippen MR) is 91.0 cm³/mol. The van der Waals surface area contributed by atoms with Crippen LogP contribution in [0.1, 0.15) is 66.7 Å². The molecule has 0 aliphatic carbocycles. The molecule has 0 rings (SSSR count). The Morgan fingerprint density at radius 3 is 2.00 bits per heavy atom. The Bertz CT molecular complexity index is 403. The number of unbranched alkanes of at least 4 members (excludes halogenated alkanes) is 2. The highest BCUT2D eigenvalue weighted by molar-refractivity contribution is 8.00. The van der Waals surface area contributed by atoms with Gasteiger partial charge in [0, 0.05) is 6.42 Å². The first-order valence-corrected chi connectivity index (χ1v) is 9.49. The topological polar surface area (TPSA) is 26.3 Å². The Kier molecular flexibility index (Phi) is 9.76. The minimum absolute atomic E-state index is 0.200. The maximum absolute atomic E-state index is 12.8. The standard InChI is InChI=1S/C17H29F5O2S/c1-12(2)11-13(14(23)24-15(3,4)5)25-10-8-6-7-9-16(18,19)17(20,21)22/h12-13H,6-11H2,1-5H3. The van der Waals surface area contributed by atoms with E-state index in [9.17, 15) is 26.7 Å². The van der Waals surface area contributed by atoms with Gasteiger partial charge in [0.05, 0.1) is 0 Å². The van der Waals surface area contributed by atoms with Crippen LogP contribution in [-0.4, -0.2) is 34.7 Å². The van der Waals surface area contributed by atoms with E-state index in [-0.39, 0.29) is 30.0 Å². The Morgan fingerprint density at radius 1 is 1.00 bits per heavy atom. The van der Waals surface area contributed by atoms with Crippen molar-refractivity contribution in [1.29, 1.82) is 0 Å². The fraction of sp³-hybridized carbons (Fsp3) is 0.941. The van der Waals surface area contributed by atoms with E-state index in [0.29, 0.717) is 18.6 Å². The van der Waals surface area contributed by atoms with Crippen molar-refractivity contribution < 1.29 is 31.5 Å². The van der Waals surface area contributed by atoms with E-state index >= 15 is 0 Å². The van der Waals surface area contributed by atoms with Crippen LogP contribution in [0.25, 0.3) is 0 Å². The zero-order valence-electron chi connectivity index (χ0n) is 15.5. The third-order valence-corrected chi connectivity index (χ3v) is 4.54. The van der Waals surface area contributed by atoms with Crippen LogP contribution in [0.4, 0.5) is 22.0 Å². The van der Waals surface area contributed by atoms with Crippen molar-refractivity contribution in [3.05, 3.63) is 0 Å². The van der Waals surface area contributed by atoms with Gasteiger partial charge < -0.3 is 4.74 Å². The van der Waals surface area contributed by atoms with Crippen LogP contribution >= 0.6 is 11.8 Å². The van der Waals surface area contributed by atoms with Crippen LogP contribution in [0.2, 0.25) is 0 Å². The summed E-state index contributed by atoms with van der Waals surface area (Å²) in [6.45, 7) is 9.31. The molecule has 8 heteroatoms. The van der Waals surface area contributed by atoms with Crippen LogP contribution < -0.4 is 0 Å². The number of halogens is 5. The van der Waals surface area contributed by atoms with Crippen molar-refractivity contribution >= 4 is 17.7 Å². The molecule has 0 aromatic rings. The Hall–Kier alpha value is -0.530. The molecule has 0 N–H and O–H groups in total. The lowest BCUT2D eigenvalue weighted by molar-refractivity contribution is -0.284. The molecular weight excluding hydrogens is 363 g/mol. The molecular formula is C17H29F5O2S. The molecule has 0 spiro atoms. The van der Waals surface area contributed by atoms with Gasteiger partial charge in [0.1, 0.15) is 10.9 Å². The number of alkyl halides is 5. The fourth-order valence-electron chi connectivity index (χ4n) is 2.02. The molecule has 0 amide bonds. The summed E-state index contributed by atoms with van der Waals surface area (Å²) in [5, 5.41) is -0.351. The van der Waals surface area contributed by atoms with E-state index in [4.69, 9.17) is 4.74 Å². The molecule has 0 heterocycles. The second-order valence-electron chi connectivity index (χ2n) is 7.54. The molecule has 0 radical (unpaired) electrons. The van der Waals surface area contributed by atoms with Gasteiger partial charge in [0.15, 0.2) is 0 Å². The molecule has 1 unspecified atom stereocenters. The molecule has 0 aliphatic rings.